The summed E-state index contributed by atoms with van der Waals surface area (Å²) in [5.74, 6) is 1.34. The maximum atomic E-state index is 6.09. The molecule has 6 nitrogen and oxygen atoms in total. The van der Waals surface area contributed by atoms with E-state index in [0.29, 0.717) is 10.9 Å². The van der Waals surface area contributed by atoms with Crippen LogP contribution in [0.25, 0.3) is 5.78 Å². The van der Waals surface area contributed by atoms with Gasteiger partial charge in [-0.1, -0.05) is 24.9 Å². The Balaban J connectivity index is 1.89. The summed E-state index contributed by atoms with van der Waals surface area (Å²) in [4.78, 5) is 8.22. The predicted octanol–water partition coefficient (Wildman–Crippen LogP) is 2.70. The Hall–Kier alpha value is -1.40. The van der Waals surface area contributed by atoms with Crippen LogP contribution in [0.1, 0.15) is 31.7 Å². The Labute approximate surface area is 123 Å². The Morgan fingerprint density at radius 3 is 2.95 bits per heavy atom. The van der Waals surface area contributed by atoms with Crippen LogP contribution in [0.2, 0.25) is 5.15 Å². The lowest BCUT2D eigenvalue weighted by Gasteiger charge is -2.11. The number of aromatic nitrogens is 4. The van der Waals surface area contributed by atoms with Crippen LogP contribution >= 0.6 is 11.6 Å². The molecule has 0 spiro atoms. The summed E-state index contributed by atoms with van der Waals surface area (Å²) in [6, 6.07) is 0. The maximum absolute atomic E-state index is 6.09. The highest BCUT2D eigenvalue weighted by Crippen LogP contribution is 2.21. The lowest BCUT2D eigenvalue weighted by Crippen LogP contribution is -2.12. The fourth-order valence-corrected chi connectivity index (χ4v) is 2.00. The molecular weight excluding hydrogens is 278 g/mol. The summed E-state index contributed by atoms with van der Waals surface area (Å²) in [5.41, 5.74) is 0.872. The molecule has 0 aromatic carbocycles. The summed E-state index contributed by atoms with van der Waals surface area (Å²) >= 11 is 6.09. The number of fused-ring (bicyclic) bond motifs is 1. The highest BCUT2D eigenvalue weighted by atomic mass is 35.5. The van der Waals surface area contributed by atoms with Crippen LogP contribution in [0.5, 0.6) is 0 Å². The van der Waals surface area contributed by atoms with Gasteiger partial charge in [-0.2, -0.15) is 19.6 Å². The molecule has 0 aliphatic rings. The van der Waals surface area contributed by atoms with Gasteiger partial charge in [-0.3, -0.25) is 0 Å². The minimum absolute atomic E-state index is 0.451. The molecule has 0 aliphatic carbocycles. The largest absolute Gasteiger partial charge is 0.381 e. The number of nitrogens with one attached hydrogen (secondary N) is 1. The van der Waals surface area contributed by atoms with Gasteiger partial charge in [0.1, 0.15) is 17.3 Å². The summed E-state index contributed by atoms with van der Waals surface area (Å²) in [6.07, 6.45) is 4.68. The molecule has 0 fully saturated rings. The van der Waals surface area contributed by atoms with E-state index in [1.54, 1.807) is 4.52 Å². The second-order valence-corrected chi connectivity index (χ2v) is 4.95. The van der Waals surface area contributed by atoms with Crippen molar-refractivity contribution in [3.8, 4) is 0 Å². The lowest BCUT2D eigenvalue weighted by molar-refractivity contribution is 0.131. The topological polar surface area (TPSA) is 64.3 Å². The molecule has 0 saturated heterocycles. The van der Waals surface area contributed by atoms with E-state index in [1.807, 2.05) is 6.92 Å². The number of hydrogen-bond acceptors (Lipinski definition) is 5. The van der Waals surface area contributed by atoms with E-state index in [0.717, 1.165) is 50.4 Å². The molecule has 2 heterocycles. The predicted molar refractivity (Wildman–Crippen MR) is 79.4 cm³/mol. The molecule has 2 rings (SSSR count). The SMILES string of the molecule is CCCCOCCCNc1c(C)c(Cl)nc2ncnn12. The third kappa shape index (κ3) is 3.58. The van der Waals surface area contributed by atoms with Gasteiger partial charge < -0.3 is 10.1 Å². The van der Waals surface area contributed by atoms with Gasteiger partial charge in [-0.05, 0) is 19.8 Å². The minimum Gasteiger partial charge on any atom is -0.381 e. The number of nitrogens with zero attached hydrogens (tertiary/aromatic N) is 4. The number of anilines is 1. The van der Waals surface area contributed by atoms with Crippen molar-refractivity contribution in [3.63, 3.8) is 0 Å². The zero-order chi connectivity index (χ0) is 14.4. The Morgan fingerprint density at radius 2 is 2.15 bits per heavy atom. The molecular formula is C13H20ClN5O. The van der Waals surface area contributed by atoms with E-state index < -0.39 is 0 Å². The molecule has 1 N–H and O–H groups in total. The summed E-state index contributed by atoms with van der Waals surface area (Å²) in [6.45, 7) is 6.46. The molecule has 110 valence electrons. The minimum atomic E-state index is 0.451. The molecule has 7 heteroatoms. The first-order valence-corrected chi connectivity index (χ1v) is 7.29. The van der Waals surface area contributed by atoms with E-state index in [2.05, 4.69) is 27.3 Å². The molecule has 0 amide bonds. The van der Waals surface area contributed by atoms with Crippen LogP contribution in [0.4, 0.5) is 5.82 Å². The van der Waals surface area contributed by atoms with Crippen molar-refractivity contribution in [2.24, 2.45) is 0 Å². The average molecular weight is 298 g/mol. The van der Waals surface area contributed by atoms with Crippen LogP contribution in [-0.4, -0.2) is 39.3 Å². The highest BCUT2D eigenvalue weighted by Gasteiger charge is 2.11. The van der Waals surface area contributed by atoms with Crippen molar-refractivity contribution >= 4 is 23.2 Å². The maximum Gasteiger partial charge on any atom is 0.255 e. The van der Waals surface area contributed by atoms with E-state index >= 15 is 0 Å². The van der Waals surface area contributed by atoms with E-state index in [4.69, 9.17) is 16.3 Å². The molecule has 0 unspecified atom stereocenters. The van der Waals surface area contributed by atoms with Crippen molar-refractivity contribution in [2.75, 3.05) is 25.1 Å². The first kappa shape index (κ1) is 15.0. The fraction of sp³-hybridized carbons (Fsp3) is 0.615. The van der Waals surface area contributed by atoms with Crippen LogP contribution < -0.4 is 5.32 Å². The smallest absolute Gasteiger partial charge is 0.255 e. The molecule has 0 radical (unpaired) electrons. The van der Waals surface area contributed by atoms with Gasteiger partial charge in [0.05, 0.1) is 0 Å². The van der Waals surface area contributed by atoms with Crippen LogP contribution in [-0.2, 0) is 4.74 Å². The normalized spacial score (nSPS) is 11.2. The van der Waals surface area contributed by atoms with Crippen molar-refractivity contribution < 1.29 is 4.74 Å². The van der Waals surface area contributed by atoms with Gasteiger partial charge in [0.2, 0.25) is 0 Å². The number of halogens is 1. The molecule has 0 aliphatic heterocycles. The van der Waals surface area contributed by atoms with E-state index in [1.165, 1.54) is 6.33 Å². The van der Waals surface area contributed by atoms with Gasteiger partial charge in [0, 0.05) is 25.3 Å². The van der Waals surface area contributed by atoms with Crippen LogP contribution in [0.15, 0.2) is 6.33 Å². The van der Waals surface area contributed by atoms with Crippen molar-refractivity contribution in [1.82, 2.24) is 19.6 Å². The average Bonchev–Trinajstić information content (AvgIpc) is 2.89. The number of unbranched alkanes of at least 4 members (excludes halogenated alkanes) is 1. The molecule has 0 atom stereocenters. The molecule has 2 aromatic heterocycles. The lowest BCUT2D eigenvalue weighted by atomic mass is 10.3. The third-order valence-corrected chi connectivity index (χ3v) is 3.37. The van der Waals surface area contributed by atoms with Gasteiger partial charge in [0.15, 0.2) is 0 Å². The van der Waals surface area contributed by atoms with Crippen LogP contribution in [0, 0.1) is 6.92 Å². The number of rotatable bonds is 8. The van der Waals surface area contributed by atoms with Gasteiger partial charge in [-0.25, -0.2) is 0 Å². The van der Waals surface area contributed by atoms with Gasteiger partial charge >= 0.3 is 0 Å². The Morgan fingerprint density at radius 1 is 1.35 bits per heavy atom. The fourth-order valence-electron chi connectivity index (χ4n) is 1.83. The van der Waals surface area contributed by atoms with Crippen molar-refractivity contribution in [3.05, 3.63) is 17.0 Å². The summed E-state index contributed by atoms with van der Waals surface area (Å²) < 4.78 is 7.19. The first-order chi connectivity index (χ1) is 9.74. The zero-order valence-electron chi connectivity index (χ0n) is 11.9. The Kier molecular flexibility index (Phi) is 5.55. The first-order valence-electron chi connectivity index (χ1n) is 6.91. The third-order valence-electron chi connectivity index (χ3n) is 3.00. The zero-order valence-corrected chi connectivity index (χ0v) is 12.7. The van der Waals surface area contributed by atoms with Crippen molar-refractivity contribution in [2.45, 2.75) is 33.1 Å². The summed E-state index contributed by atoms with van der Waals surface area (Å²) in [5, 5.41) is 7.93. The number of ether oxygens (including phenoxy) is 1. The Bertz CT molecular complexity index is 557. The summed E-state index contributed by atoms with van der Waals surface area (Å²) in [7, 11) is 0. The molecule has 20 heavy (non-hydrogen) atoms. The van der Waals surface area contributed by atoms with E-state index in [9.17, 15) is 0 Å². The second kappa shape index (κ2) is 7.40. The standard InChI is InChI=1S/C13H20ClN5O/c1-3-4-7-20-8-5-6-15-12-10(2)11(14)18-13-16-9-17-19(12)13/h9,15H,3-8H2,1-2H3. The van der Waals surface area contributed by atoms with Gasteiger partial charge in [-0.15, -0.1) is 0 Å². The number of hydrogen-bond donors (Lipinski definition) is 1. The molecule has 0 saturated carbocycles. The quantitative estimate of drug-likeness (QED) is 0.599. The second-order valence-electron chi connectivity index (χ2n) is 4.59. The van der Waals surface area contributed by atoms with E-state index in [-0.39, 0.29) is 0 Å². The highest BCUT2D eigenvalue weighted by molar-refractivity contribution is 6.30. The monoisotopic (exact) mass is 297 g/mol. The molecule has 2 aromatic rings. The van der Waals surface area contributed by atoms with Crippen molar-refractivity contribution in [1.29, 1.82) is 0 Å². The molecule has 0 bridgehead atoms. The van der Waals surface area contributed by atoms with Crippen LogP contribution in [0.3, 0.4) is 0 Å². The van der Waals surface area contributed by atoms with Gasteiger partial charge in [0.25, 0.3) is 5.78 Å².